The molecule has 0 bridgehead atoms. The molecule has 0 aliphatic rings. The largest absolute Gasteiger partial charge is 0.292 e. The Hall–Kier alpha value is -1.13. The maximum Gasteiger partial charge on any atom is 0.255 e. The van der Waals surface area contributed by atoms with Crippen LogP contribution in [0.3, 0.4) is 0 Å². The van der Waals surface area contributed by atoms with E-state index >= 15 is 0 Å². The van der Waals surface area contributed by atoms with Gasteiger partial charge in [-0.2, -0.15) is 0 Å². The molecule has 0 unspecified atom stereocenters. The normalized spacial score (nSPS) is 10.5. The maximum atomic E-state index is 11.8. The predicted molar refractivity (Wildman–Crippen MR) is 71.5 cm³/mol. The van der Waals surface area contributed by atoms with E-state index < -0.39 is 0 Å². The molecule has 17 heavy (non-hydrogen) atoms. The lowest BCUT2D eigenvalue weighted by atomic mass is 10.2. The van der Waals surface area contributed by atoms with Gasteiger partial charge >= 0.3 is 0 Å². The predicted octanol–water partition coefficient (Wildman–Crippen LogP) is 3.02. The summed E-state index contributed by atoms with van der Waals surface area (Å²) in [6.45, 7) is 2.25. The van der Waals surface area contributed by atoms with Gasteiger partial charge in [0.15, 0.2) is 0 Å². The number of aromatic nitrogens is 2. The molecule has 0 atom stereocenters. The second-order valence-corrected chi connectivity index (χ2v) is 4.88. The van der Waals surface area contributed by atoms with Crippen molar-refractivity contribution in [2.75, 3.05) is 0 Å². The van der Waals surface area contributed by atoms with Gasteiger partial charge in [0.25, 0.3) is 5.56 Å². The molecule has 0 fully saturated rings. The van der Waals surface area contributed by atoms with E-state index in [1.54, 1.807) is 11.5 Å². The zero-order valence-corrected chi connectivity index (χ0v) is 11.5. The molecule has 1 heterocycles. The number of nitrogens with zero attached hydrogens (tertiary/aromatic N) is 2. The van der Waals surface area contributed by atoms with E-state index in [0.717, 1.165) is 10.0 Å². The summed E-state index contributed by atoms with van der Waals surface area (Å²) in [6.07, 6.45) is 0. The van der Waals surface area contributed by atoms with Gasteiger partial charge in [0, 0.05) is 10.5 Å². The monoisotopic (exact) mass is 312 g/mol. The van der Waals surface area contributed by atoms with Crippen LogP contribution in [0.2, 0.25) is 5.15 Å². The number of benzene rings is 1. The van der Waals surface area contributed by atoms with Gasteiger partial charge in [0.2, 0.25) is 0 Å². The summed E-state index contributed by atoms with van der Waals surface area (Å²) >= 11 is 9.18. The van der Waals surface area contributed by atoms with Crippen molar-refractivity contribution in [3.63, 3.8) is 0 Å². The van der Waals surface area contributed by atoms with Crippen molar-refractivity contribution in [3.8, 4) is 0 Å². The molecule has 88 valence electrons. The topological polar surface area (TPSA) is 34.9 Å². The van der Waals surface area contributed by atoms with Gasteiger partial charge in [-0.15, -0.1) is 0 Å². The van der Waals surface area contributed by atoms with Gasteiger partial charge in [-0.1, -0.05) is 45.7 Å². The van der Waals surface area contributed by atoms with E-state index in [1.807, 2.05) is 24.3 Å². The number of halogens is 2. The Kier molecular flexibility index (Phi) is 3.64. The van der Waals surface area contributed by atoms with Gasteiger partial charge < -0.3 is 0 Å². The summed E-state index contributed by atoms with van der Waals surface area (Å²) < 4.78 is 2.56. The molecule has 0 radical (unpaired) electrons. The number of aryl methyl sites for hydroxylation is 1. The lowest BCUT2D eigenvalue weighted by Crippen LogP contribution is -2.23. The lowest BCUT2D eigenvalue weighted by Gasteiger charge is -2.10. The molecule has 0 aliphatic carbocycles. The molecule has 0 saturated carbocycles. The Morgan fingerprint density at radius 3 is 2.76 bits per heavy atom. The van der Waals surface area contributed by atoms with Gasteiger partial charge in [0.1, 0.15) is 11.0 Å². The SMILES string of the molecule is Cc1nc(Cl)cc(=O)n1Cc1ccccc1Br. The Bertz CT molecular complexity index is 610. The average Bonchev–Trinajstić information content (AvgIpc) is 2.25. The van der Waals surface area contributed by atoms with Crippen LogP contribution in [0.15, 0.2) is 39.6 Å². The highest BCUT2D eigenvalue weighted by Gasteiger charge is 2.06. The molecule has 0 spiro atoms. The van der Waals surface area contributed by atoms with Crippen molar-refractivity contribution < 1.29 is 0 Å². The molecule has 1 aromatic carbocycles. The van der Waals surface area contributed by atoms with E-state index in [0.29, 0.717) is 12.4 Å². The molecular formula is C12H10BrClN2O. The van der Waals surface area contributed by atoms with Crippen LogP contribution in [0, 0.1) is 6.92 Å². The first kappa shape index (κ1) is 12.3. The Morgan fingerprint density at radius 2 is 2.12 bits per heavy atom. The number of hydrogen-bond acceptors (Lipinski definition) is 2. The highest BCUT2D eigenvalue weighted by molar-refractivity contribution is 9.10. The molecule has 0 N–H and O–H groups in total. The lowest BCUT2D eigenvalue weighted by molar-refractivity contribution is 0.698. The van der Waals surface area contributed by atoms with Crippen molar-refractivity contribution >= 4 is 27.5 Å². The minimum atomic E-state index is -0.141. The standard InChI is InChI=1S/C12H10BrClN2O/c1-8-15-11(14)6-12(17)16(8)7-9-4-2-3-5-10(9)13/h2-6H,7H2,1H3. The summed E-state index contributed by atoms with van der Waals surface area (Å²) in [5.74, 6) is 0.609. The van der Waals surface area contributed by atoms with Crippen molar-refractivity contribution in [3.05, 3.63) is 61.7 Å². The third-order valence-corrected chi connectivity index (χ3v) is 3.42. The third kappa shape index (κ3) is 2.76. The van der Waals surface area contributed by atoms with Crippen molar-refractivity contribution in [2.45, 2.75) is 13.5 Å². The number of hydrogen-bond donors (Lipinski definition) is 0. The maximum absolute atomic E-state index is 11.8. The van der Waals surface area contributed by atoms with Crippen LogP contribution in [0.4, 0.5) is 0 Å². The first-order chi connectivity index (χ1) is 8.08. The minimum absolute atomic E-state index is 0.141. The van der Waals surface area contributed by atoms with E-state index in [4.69, 9.17) is 11.6 Å². The van der Waals surface area contributed by atoms with Crippen LogP contribution in [0.1, 0.15) is 11.4 Å². The highest BCUT2D eigenvalue weighted by atomic mass is 79.9. The molecular weight excluding hydrogens is 304 g/mol. The van der Waals surface area contributed by atoms with Crippen molar-refractivity contribution in [1.82, 2.24) is 9.55 Å². The molecule has 3 nitrogen and oxygen atoms in total. The number of rotatable bonds is 2. The molecule has 0 amide bonds. The third-order valence-electron chi connectivity index (χ3n) is 2.45. The molecule has 2 aromatic rings. The van der Waals surface area contributed by atoms with Crippen LogP contribution in [0.25, 0.3) is 0 Å². The Morgan fingerprint density at radius 1 is 1.41 bits per heavy atom. The summed E-state index contributed by atoms with van der Waals surface area (Å²) in [4.78, 5) is 15.9. The van der Waals surface area contributed by atoms with Gasteiger partial charge in [-0.25, -0.2) is 4.98 Å². The molecule has 2 rings (SSSR count). The Labute approximate surface area is 112 Å². The van der Waals surface area contributed by atoms with E-state index in [1.165, 1.54) is 6.07 Å². The van der Waals surface area contributed by atoms with Crippen molar-refractivity contribution in [2.24, 2.45) is 0 Å². The van der Waals surface area contributed by atoms with Crippen LogP contribution in [0.5, 0.6) is 0 Å². The smallest absolute Gasteiger partial charge is 0.255 e. The first-order valence-electron chi connectivity index (χ1n) is 5.05. The van der Waals surface area contributed by atoms with Crippen LogP contribution >= 0.6 is 27.5 Å². The molecule has 5 heteroatoms. The fourth-order valence-electron chi connectivity index (χ4n) is 1.58. The molecule has 0 saturated heterocycles. The summed E-state index contributed by atoms with van der Waals surface area (Å²) in [5.41, 5.74) is 0.889. The summed E-state index contributed by atoms with van der Waals surface area (Å²) in [6, 6.07) is 9.10. The summed E-state index contributed by atoms with van der Waals surface area (Å²) in [7, 11) is 0. The fraction of sp³-hybridized carbons (Fsp3) is 0.167. The van der Waals surface area contributed by atoms with E-state index in [9.17, 15) is 4.79 Å². The molecule has 1 aromatic heterocycles. The average molecular weight is 314 g/mol. The van der Waals surface area contributed by atoms with Crippen LogP contribution in [-0.4, -0.2) is 9.55 Å². The zero-order valence-electron chi connectivity index (χ0n) is 9.15. The van der Waals surface area contributed by atoms with Gasteiger partial charge in [0.05, 0.1) is 6.54 Å². The Balaban J connectivity index is 2.44. The second kappa shape index (κ2) is 5.02. The van der Waals surface area contributed by atoms with Gasteiger partial charge in [-0.3, -0.25) is 9.36 Å². The van der Waals surface area contributed by atoms with Gasteiger partial charge in [-0.05, 0) is 18.6 Å². The first-order valence-corrected chi connectivity index (χ1v) is 6.22. The van der Waals surface area contributed by atoms with Crippen LogP contribution < -0.4 is 5.56 Å². The van der Waals surface area contributed by atoms with E-state index in [2.05, 4.69) is 20.9 Å². The van der Waals surface area contributed by atoms with Crippen LogP contribution in [-0.2, 0) is 6.54 Å². The minimum Gasteiger partial charge on any atom is -0.292 e. The fourth-order valence-corrected chi connectivity index (χ4v) is 2.20. The second-order valence-electron chi connectivity index (χ2n) is 3.64. The van der Waals surface area contributed by atoms with E-state index in [-0.39, 0.29) is 10.7 Å². The highest BCUT2D eigenvalue weighted by Crippen LogP contribution is 2.17. The molecule has 0 aliphatic heterocycles. The summed E-state index contributed by atoms with van der Waals surface area (Å²) in [5, 5.41) is 0.232. The zero-order chi connectivity index (χ0) is 12.4. The van der Waals surface area contributed by atoms with Crippen molar-refractivity contribution in [1.29, 1.82) is 0 Å². The quantitative estimate of drug-likeness (QED) is 0.799.